The van der Waals surface area contributed by atoms with Gasteiger partial charge in [-0.05, 0) is 18.9 Å². The molecule has 0 saturated carbocycles. The van der Waals surface area contributed by atoms with E-state index < -0.39 is 12.0 Å². The van der Waals surface area contributed by atoms with E-state index in [2.05, 4.69) is 5.16 Å². The number of likely N-dealkylation sites (tertiary alicyclic amines) is 1. The van der Waals surface area contributed by atoms with E-state index in [0.29, 0.717) is 12.3 Å². The number of benzene rings is 1. The Labute approximate surface area is 123 Å². The summed E-state index contributed by atoms with van der Waals surface area (Å²) in [5.41, 5.74) is 1.78. The predicted molar refractivity (Wildman–Crippen MR) is 77.6 cm³/mol. The van der Waals surface area contributed by atoms with Gasteiger partial charge in [-0.1, -0.05) is 42.4 Å². The van der Waals surface area contributed by atoms with Gasteiger partial charge in [0.15, 0.2) is 5.76 Å². The van der Waals surface area contributed by atoms with Gasteiger partial charge in [0.25, 0.3) is 0 Å². The highest BCUT2D eigenvalue weighted by molar-refractivity contribution is 5.74. The van der Waals surface area contributed by atoms with E-state index in [0.717, 1.165) is 24.2 Å². The third-order valence-corrected chi connectivity index (χ3v) is 4.04. The van der Waals surface area contributed by atoms with Crippen molar-refractivity contribution in [2.24, 2.45) is 5.92 Å². The molecule has 0 spiro atoms. The molecule has 0 amide bonds. The van der Waals surface area contributed by atoms with Crippen LogP contribution in [0, 0.1) is 5.92 Å². The number of carboxylic acids is 1. The van der Waals surface area contributed by atoms with Crippen molar-refractivity contribution >= 4 is 5.97 Å². The molecule has 1 saturated heterocycles. The van der Waals surface area contributed by atoms with E-state index in [4.69, 9.17) is 4.52 Å². The molecule has 1 aliphatic rings. The number of carbonyl (C=O) groups is 1. The SMILES string of the molecule is CC1CCN(Cc2cc(-c3ccccc3)no2)C1C(=O)O. The fourth-order valence-electron chi connectivity index (χ4n) is 2.94. The lowest BCUT2D eigenvalue weighted by atomic mass is 10.0. The first-order valence-corrected chi connectivity index (χ1v) is 7.13. The minimum absolute atomic E-state index is 0.166. The third-order valence-electron chi connectivity index (χ3n) is 4.04. The topological polar surface area (TPSA) is 66.6 Å². The van der Waals surface area contributed by atoms with Gasteiger partial charge in [0.2, 0.25) is 0 Å². The van der Waals surface area contributed by atoms with E-state index in [1.807, 2.05) is 48.2 Å². The number of nitrogens with zero attached hydrogens (tertiary/aromatic N) is 2. The Bertz CT molecular complexity index is 623. The van der Waals surface area contributed by atoms with Crippen LogP contribution in [-0.4, -0.2) is 33.7 Å². The van der Waals surface area contributed by atoms with Gasteiger partial charge in [0.05, 0.1) is 6.54 Å². The van der Waals surface area contributed by atoms with Crippen LogP contribution in [0.2, 0.25) is 0 Å². The summed E-state index contributed by atoms with van der Waals surface area (Å²) in [7, 11) is 0. The van der Waals surface area contributed by atoms with Crippen molar-refractivity contribution in [3.8, 4) is 11.3 Å². The molecule has 1 aromatic heterocycles. The second-order valence-corrected chi connectivity index (χ2v) is 5.56. The van der Waals surface area contributed by atoms with Crippen LogP contribution in [0.3, 0.4) is 0 Å². The van der Waals surface area contributed by atoms with Gasteiger partial charge in [-0.3, -0.25) is 9.69 Å². The Morgan fingerprint density at radius 2 is 2.19 bits per heavy atom. The molecule has 5 nitrogen and oxygen atoms in total. The highest BCUT2D eigenvalue weighted by atomic mass is 16.5. The lowest BCUT2D eigenvalue weighted by Crippen LogP contribution is -2.38. The maximum absolute atomic E-state index is 11.4. The van der Waals surface area contributed by atoms with Crippen molar-refractivity contribution < 1.29 is 14.4 Å². The largest absolute Gasteiger partial charge is 0.480 e. The smallest absolute Gasteiger partial charge is 0.321 e. The van der Waals surface area contributed by atoms with E-state index >= 15 is 0 Å². The molecule has 0 aliphatic carbocycles. The Balaban J connectivity index is 1.74. The molecule has 0 bridgehead atoms. The molecule has 21 heavy (non-hydrogen) atoms. The normalized spacial score (nSPS) is 22.5. The molecule has 2 unspecified atom stereocenters. The maximum Gasteiger partial charge on any atom is 0.321 e. The van der Waals surface area contributed by atoms with Gasteiger partial charge in [-0.2, -0.15) is 0 Å². The zero-order valence-electron chi connectivity index (χ0n) is 11.9. The van der Waals surface area contributed by atoms with Crippen LogP contribution in [0.15, 0.2) is 40.9 Å². The zero-order valence-corrected chi connectivity index (χ0v) is 11.9. The van der Waals surface area contributed by atoms with Crippen LogP contribution in [0.25, 0.3) is 11.3 Å². The van der Waals surface area contributed by atoms with Gasteiger partial charge in [-0.25, -0.2) is 0 Å². The fourth-order valence-corrected chi connectivity index (χ4v) is 2.94. The summed E-state index contributed by atoms with van der Waals surface area (Å²) < 4.78 is 5.36. The first-order valence-electron chi connectivity index (χ1n) is 7.13. The first-order chi connectivity index (χ1) is 10.1. The molecule has 110 valence electrons. The lowest BCUT2D eigenvalue weighted by molar-refractivity contribution is -0.143. The summed E-state index contributed by atoms with van der Waals surface area (Å²) in [6.45, 7) is 3.25. The number of carboxylic acid groups (broad SMARTS) is 1. The average Bonchev–Trinajstić information content (AvgIpc) is 3.07. The molecular formula is C16H18N2O3. The monoisotopic (exact) mass is 286 g/mol. The maximum atomic E-state index is 11.4. The van der Waals surface area contributed by atoms with Gasteiger partial charge in [-0.15, -0.1) is 0 Å². The Kier molecular flexibility index (Phi) is 3.75. The van der Waals surface area contributed by atoms with Gasteiger partial charge < -0.3 is 9.63 Å². The fraction of sp³-hybridized carbons (Fsp3) is 0.375. The minimum atomic E-state index is -0.761. The molecule has 5 heteroatoms. The third kappa shape index (κ3) is 2.83. The van der Waals surface area contributed by atoms with E-state index in [-0.39, 0.29) is 5.92 Å². The summed E-state index contributed by atoms with van der Waals surface area (Å²) in [4.78, 5) is 13.3. The molecular weight excluding hydrogens is 268 g/mol. The van der Waals surface area contributed by atoms with Crippen LogP contribution in [-0.2, 0) is 11.3 Å². The number of aromatic nitrogens is 1. The summed E-state index contributed by atoms with van der Waals surface area (Å²) >= 11 is 0. The predicted octanol–water partition coefficient (Wildman–Crippen LogP) is 2.64. The van der Waals surface area contributed by atoms with Gasteiger partial charge >= 0.3 is 5.97 Å². The van der Waals surface area contributed by atoms with Crippen molar-refractivity contribution in [1.29, 1.82) is 0 Å². The second-order valence-electron chi connectivity index (χ2n) is 5.56. The Morgan fingerprint density at radius 3 is 2.90 bits per heavy atom. The molecule has 2 atom stereocenters. The second kappa shape index (κ2) is 5.69. The molecule has 0 radical (unpaired) electrons. The quantitative estimate of drug-likeness (QED) is 0.936. The lowest BCUT2D eigenvalue weighted by Gasteiger charge is -2.21. The van der Waals surface area contributed by atoms with Crippen molar-refractivity contribution in [1.82, 2.24) is 10.1 Å². The van der Waals surface area contributed by atoms with Gasteiger partial charge in [0.1, 0.15) is 11.7 Å². The van der Waals surface area contributed by atoms with Gasteiger partial charge in [0, 0.05) is 11.6 Å². The van der Waals surface area contributed by atoms with E-state index in [1.165, 1.54) is 0 Å². The van der Waals surface area contributed by atoms with Crippen LogP contribution in [0.4, 0.5) is 0 Å². The minimum Gasteiger partial charge on any atom is -0.480 e. The zero-order chi connectivity index (χ0) is 14.8. The molecule has 1 aromatic carbocycles. The Hall–Kier alpha value is -2.14. The van der Waals surface area contributed by atoms with Crippen LogP contribution in [0.5, 0.6) is 0 Å². The molecule has 1 aliphatic heterocycles. The molecule has 2 aromatic rings. The van der Waals surface area contributed by atoms with E-state index in [9.17, 15) is 9.90 Å². The number of aliphatic carboxylic acids is 1. The van der Waals surface area contributed by atoms with Crippen molar-refractivity contribution in [3.63, 3.8) is 0 Å². The first kappa shape index (κ1) is 13.8. The van der Waals surface area contributed by atoms with Crippen molar-refractivity contribution in [2.75, 3.05) is 6.54 Å². The molecule has 1 fully saturated rings. The Morgan fingerprint density at radius 1 is 1.43 bits per heavy atom. The van der Waals surface area contributed by atoms with E-state index in [1.54, 1.807) is 0 Å². The number of hydrogen-bond acceptors (Lipinski definition) is 4. The van der Waals surface area contributed by atoms with Crippen molar-refractivity contribution in [2.45, 2.75) is 25.9 Å². The summed E-state index contributed by atoms with van der Waals surface area (Å²) in [6.07, 6.45) is 0.899. The molecule has 1 N–H and O–H groups in total. The molecule has 2 heterocycles. The van der Waals surface area contributed by atoms with Crippen LogP contribution >= 0.6 is 0 Å². The van der Waals surface area contributed by atoms with Crippen LogP contribution < -0.4 is 0 Å². The van der Waals surface area contributed by atoms with Crippen molar-refractivity contribution in [3.05, 3.63) is 42.2 Å². The number of hydrogen-bond donors (Lipinski definition) is 1. The standard InChI is InChI=1S/C16H18N2O3/c1-11-7-8-18(15(11)16(19)20)10-13-9-14(17-21-13)12-5-3-2-4-6-12/h2-6,9,11,15H,7-8,10H2,1H3,(H,19,20). The highest BCUT2D eigenvalue weighted by Gasteiger charge is 2.37. The average molecular weight is 286 g/mol. The number of rotatable bonds is 4. The van der Waals surface area contributed by atoms with Crippen LogP contribution in [0.1, 0.15) is 19.1 Å². The highest BCUT2D eigenvalue weighted by Crippen LogP contribution is 2.27. The summed E-state index contributed by atoms with van der Waals surface area (Å²) in [6, 6.07) is 11.2. The molecule has 3 rings (SSSR count). The summed E-state index contributed by atoms with van der Waals surface area (Å²) in [5, 5.41) is 13.4. The summed E-state index contributed by atoms with van der Waals surface area (Å²) in [5.74, 6) is 0.107.